The standard InChI is InChI=1S/C21H24O5/c1-23-14-8-9-15-13(10-14)6-5-7-16(15)17-11-19(24-2)21(26-4)20(25-3)18(17)12-22/h7-11,22H,5-6,12H2,1-4H3. The van der Waals surface area contributed by atoms with E-state index in [1.807, 2.05) is 12.1 Å². The Morgan fingerprint density at radius 1 is 0.885 bits per heavy atom. The molecule has 0 amide bonds. The molecule has 0 aromatic heterocycles. The number of rotatable bonds is 6. The number of benzene rings is 2. The van der Waals surface area contributed by atoms with Crippen LogP contribution in [-0.2, 0) is 13.0 Å². The Morgan fingerprint density at radius 3 is 2.27 bits per heavy atom. The number of hydrogen-bond donors (Lipinski definition) is 1. The Kier molecular flexibility index (Phi) is 5.38. The first-order chi connectivity index (χ1) is 12.7. The number of fused-ring (bicyclic) bond motifs is 1. The van der Waals surface area contributed by atoms with Gasteiger partial charge in [-0.15, -0.1) is 0 Å². The molecule has 0 atom stereocenters. The second-order valence-corrected chi connectivity index (χ2v) is 6.01. The van der Waals surface area contributed by atoms with Crippen LogP contribution >= 0.6 is 0 Å². The van der Waals surface area contributed by atoms with E-state index in [1.54, 1.807) is 28.4 Å². The maximum Gasteiger partial charge on any atom is 0.203 e. The smallest absolute Gasteiger partial charge is 0.203 e. The lowest BCUT2D eigenvalue weighted by Gasteiger charge is -2.23. The van der Waals surface area contributed by atoms with Crippen LogP contribution in [-0.4, -0.2) is 33.5 Å². The van der Waals surface area contributed by atoms with E-state index in [1.165, 1.54) is 5.56 Å². The summed E-state index contributed by atoms with van der Waals surface area (Å²) in [5.74, 6) is 2.38. The van der Waals surface area contributed by atoms with E-state index in [2.05, 4.69) is 18.2 Å². The van der Waals surface area contributed by atoms with Gasteiger partial charge in [0.2, 0.25) is 5.75 Å². The summed E-state index contributed by atoms with van der Waals surface area (Å²) in [6.07, 6.45) is 4.06. The summed E-state index contributed by atoms with van der Waals surface area (Å²) in [5, 5.41) is 10.1. The first-order valence-corrected chi connectivity index (χ1v) is 8.49. The van der Waals surface area contributed by atoms with Crippen LogP contribution in [0.2, 0.25) is 0 Å². The largest absolute Gasteiger partial charge is 0.497 e. The lowest BCUT2D eigenvalue weighted by molar-refractivity contribution is 0.267. The van der Waals surface area contributed by atoms with E-state index in [4.69, 9.17) is 18.9 Å². The normalized spacial score (nSPS) is 12.9. The van der Waals surface area contributed by atoms with E-state index in [0.717, 1.165) is 35.3 Å². The summed E-state index contributed by atoms with van der Waals surface area (Å²) in [6.45, 7) is -0.165. The molecule has 0 saturated carbocycles. The Balaban J connectivity index is 2.23. The van der Waals surface area contributed by atoms with Crippen molar-refractivity contribution in [2.45, 2.75) is 19.4 Å². The van der Waals surface area contributed by atoms with Gasteiger partial charge >= 0.3 is 0 Å². The minimum absolute atomic E-state index is 0.165. The molecule has 2 aromatic rings. The van der Waals surface area contributed by atoms with E-state index < -0.39 is 0 Å². The Hall–Kier alpha value is -2.66. The molecule has 0 aliphatic heterocycles. The highest BCUT2D eigenvalue weighted by molar-refractivity contribution is 5.86. The summed E-state index contributed by atoms with van der Waals surface area (Å²) in [6, 6.07) is 7.98. The third-order valence-corrected chi connectivity index (χ3v) is 4.75. The number of aliphatic hydroxyl groups excluding tert-OH is 1. The molecule has 26 heavy (non-hydrogen) atoms. The minimum atomic E-state index is -0.165. The van der Waals surface area contributed by atoms with Crippen molar-refractivity contribution in [1.29, 1.82) is 0 Å². The maximum absolute atomic E-state index is 10.1. The van der Waals surface area contributed by atoms with E-state index in [9.17, 15) is 5.11 Å². The molecule has 138 valence electrons. The van der Waals surface area contributed by atoms with Gasteiger partial charge in [-0.25, -0.2) is 0 Å². The van der Waals surface area contributed by atoms with Crippen LogP contribution in [0.25, 0.3) is 5.57 Å². The fourth-order valence-electron chi connectivity index (χ4n) is 3.52. The molecule has 0 fully saturated rings. The summed E-state index contributed by atoms with van der Waals surface area (Å²) in [7, 11) is 6.38. The molecule has 0 radical (unpaired) electrons. The van der Waals surface area contributed by atoms with Crippen molar-refractivity contribution in [3.63, 3.8) is 0 Å². The topological polar surface area (TPSA) is 57.2 Å². The highest BCUT2D eigenvalue weighted by Crippen LogP contribution is 2.46. The number of hydrogen-bond acceptors (Lipinski definition) is 5. The molecule has 0 bridgehead atoms. The van der Waals surface area contributed by atoms with Gasteiger partial charge in [-0.1, -0.05) is 12.1 Å². The van der Waals surface area contributed by atoms with Crippen molar-refractivity contribution >= 4 is 5.57 Å². The van der Waals surface area contributed by atoms with Crippen LogP contribution < -0.4 is 18.9 Å². The van der Waals surface area contributed by atoms with Crippen molar-refractivity contribution in [3.8, 4) is 23.0 Å². The molecular formula is C21H24O5. The Morgan fingerprint density at radius 2 is 1.65 bits per heavy atom. The zero-order valence-electron chi connectivity index (χ0n) is 15.6. The van der Waals surface area contributed by atoms with Crippen LogP contribution in [0.1, 0.15) is 28.7 Å². The minimum Gasteiger partial charge on any atom is -0.497 e. The Labute approximate surface area is 153 Å². The lowest BCUT2D eigenvalue weighted by atomic mass is 9.84. The second-order valence-electron chi connectivity index (χ2n) is 6.01. The highest BCUT2D eigenvalue weighted by atomic mass is 16.5. The van der Waals surface area contributed by atoms with Gasteiger partial charge in [0.05, 0.1) is 35.0 Å². The highest BCUT2D eigenvalue weighted by Gasteiger charge is 2.24. The Bertz CT molecular complexity index is 839. The van der Waals surface area contributed by atoms with Crippen molar-refractivity contribution in [2.24, 2.45) is 0 Å². The molecule has 1 aliphatic carbocycles. The van der Waals surface area contributed by atoms with Gasteiger partial charge in [0.25, 0.3) is 0 Å². The van der Waals surface area contributed by atoms with Crippen LogP contribution in [0.3, 0.4) is 0 Å². The van der Waals surface area contributed by atoms with Crippen molar-refractivity contribution in [2.75, 3.05) is 28.4 Å². The average molecular weight is 356 g/mol. The van der Waals surface area contributed by atoms with Gasteiger partial charge < -0.3 is 24.1 Å². The van der Waals surface area contributed by atoms with E-state index >= 15 is 0 Å². The monoisotopic (exact) mass is 356 g/mol. The predicted octanol–water partition coefficient (Wildman–Crippen LogP) is 3.59. The zero-order valence-corrected chi connectivity index (χ0v) is 15.6. The number of aliphatic hydroxyl groups is 1. The molecule has 5 nitrogen and oxygen atoms in total. The summed E-state index contributed by atoms with van der Waals surface area (Å²) in [4.78, 5) is 0. The van der Waals surface area contributed by atoms with Gasteiger partial charge in [0.1, 0.15) is 5.75 Å². The molecule has 5 heteroatoms. The van der Waals surface area contributed by atoms with Gasteiger partial charge in [-0.2, -0.15) is 0 Å². The third kappa shape index (κ3) is 2.99. The third-order valence-electron chi connectivity index (χ3n) is 4.75. The van der Waals surface area contributed by atoms with Gasteiger partial charge in [0, 0.05) is 5.56 Å². The molecule has 1 N–H and O–H groups in total. The molecule has 0 saturated heterocycles. The fourth-order valence-corrected chi connectivity index (χ4v) is 3.52. The SMILES string of the molecule is COc1ccc2c(c1)CCC=C2c1cc(OC)c(OC)c(OC)c1CO. The van der Waals surface area contributed by atoms with E-state index in [0.29, 0.717) is 22.8 Å². The number of methoxy groups -OCH3 is 4. The van der Waals surface area contributed by atoms with Gasteiger partial charge in [0.15, 0.2) is 11.5 Å². The predicted molar refractivity (Wildman–Crippen MR) is 100 cm³/mol. The molecule has 2 aromatic carbocycles. The van der Waals surface area contributed by atoms with Crippen LogP contribution in [0.5, 0.6) is 23.0 Å². The summed E-state index contributed by atoms with van der Waals surface area (Å²) < 4.78 is 21.8. The summed E-state index contributed by atoms with van der Waals surface area (Å²) >= 11 is 0. The molecular weight excluding hydrogens is 332 g/mol. The van der Waals surface area contributed by atoms with Crippen LogP contribution in [0.4, 0.5) is 0 Å². The first kappa shape index (κ1) is 18.1. The first-order valence-electron chi connectivity index (χ1n) is 8.49. The van der Waals surface area contributed by atoms with E-state index in [-0.39, 0.29) is 6.61 Å². The molecule has 3 rings (SSSR count). The fraction of sp³-hybridized carbons (Fsp3) is 0.333. The number of aryl methyl sites for hydroxylation is 1. The summed E-state index contributed by atoms with van der Waals surface area (Å²) in [5.41, 5.74) is 4.96. The van der Waals surface area contributed by atoms with Crippen molar-refractivity contribution in [1.82, 2.24) is 0 Å². The lowest BCUT2D eigenvalue weighted by Crippen LogP contribution is -2.07. The van der Waals surface area contributed by atoms with Crippen LogP contribution in [0.15, 0.2) is 30.3 Å². The maximum atomic E-state index is 10.1. The average Bonchev–Trinajstić information content (AvgIpc) is 2.70. The number of ether oxygens (including phenoxy) is 4. The second kappa shape index (κ2) is 7.70. The molecule has 0 spiro atoms. The molecule has 0 heterocycles. The van der Waals surface area contributed by atoms with Gasteiger partial charge in [-0.3, -0.25) is 0 Å². The zero-order chi connectivity index (χ0) is 18.7. The van der Waals surface area contributed by atoms with Crippen molar-refractivity contribution < 1.29 is 24.1 Å². The van der Waals surface area contributed by atoms with Gasteiger partial charge in [-0.05, 0) is 53.3 Å². The molecule has 1 aliphatic rings. The molecule has 0 unspecified atom stereocenters. The van der Waals surface area contributed by atoms with Crippen LogP contribution in [0, 0.1) is 0 Å². The van der Waals surface area contributed by atoms with Crippen molar-refractivity contribution in [3.05, 3.63) is 52.6 Å². The quantitative estimate of drug-likeness (QED) is 0.857. The number of allylic oxidation sites excluding steroid dienone is 1.